The molecule has 0 spiro atoms. The molecule has 0 saturated carbocycles. The molecule has 130 valence electrons. The molecule has 0 bridgehead atoms. The summed E-state index contributed by atoms with van der Waals surface area (Å²) in [5.74, 6) is -0.715. The van der Waals surface area contributed by atoms with Crippen molar-refractivity contribution in [1.82, 2.24) is 0 Å². The van der Waals surface area contributed by atoms with E-state index in [0.717, 1.165) is 12.7 Å². The van der Waals surface area contributed by atoms with E-state index in [9.17, 15) is 14.7 Å². The summed E-state index contributed by atoms with van der Waals surface area (Å²) >= 11 is 0. The fourth-order valence-electron chi connectivity index (χ4n) is 2.81. The van der Waals surface area contributed by atoms with Crippen LogP contribution in [0.3, 0.4) is 0 Å². The van der Waals surface area contributed by atoms with E-state index in [1.807, 2.05) is 30.3 Å². The summed E-state index contributed by atoms with van der Waals surface area (Å²) in [4.78, 5) is 24.1. The van der Waals surface area contributed by atoms with Gasteiger partial charge in [-0.3, -0.25) is 4.79 Å². The van der Waals surface area contributed by atoms with Crippen LogP contribution in [0.2, 0.25) is 0 Å². The summed E-state index contributed by atoms with van der Waals surface area (Å²) < 4.78 is 5.33. The number of hydrogen-bond donors (Lipinski definition) is 2. The molecule has 2 N–H and O–H groups in total. The van der Waals surface area contributed by atoms with Crippen LogP contribution in [0.5, 0.6) is 5.75 Å². The lowest BCUT2D eigenvalue weighted by Crippen LogP contribution is -2.16. The Bertz CT molecular complexity index is 912. The zero-order valence-corrected chi connectivity index (χ0v) is 14.1. The number of rotatable bonds is 4. The first-order chi connectivity index (χ1) is 12.1. The zero-order chi connectivity index (χ0) is 18.4. The quantitative estimate of drug-likeness (QED) is 0.712. The van der Waals surface area contributed by atoms with Gasteiger partial charge in [-0.2, -0.15) is 0 Å². The number of benzene rings is 2. The van der Waals surface area contributed by atoms with Crippen LogP contribution in [0.15, 0.2) is 63.8 Å². The van der Waals surface area contributed by atoms with Crippen molar-refractivity contribution in [2.24, 2.45) is 0 Å². The SMILES string of the molecule is CC(=O)CC(c1ccccc1)c1c(O)c2ccccc2oc1=O.CO. The molecule has 0 radical (unpaired) electrons. The predicted octanol–water partition coefficient (Wildman–Crippen LogP) is 3.22. The summed E-state index contributed by atoms with van der Waals surface area (Å²) in [6.45, 7) is 1.47. The van der Waals surface area contributed by atoms with Gasteiger partial charge in [-0.05, 0) is 24.6 Å². The van der Waals surface area contributed by atoms with Crippen molar-refractivity contribution in [3.05, 3.63) is 76.1 Å². The normalized spacial score (nSPS) is 11.5. The predicted molar refractivity (Wildman–Crippen MR) is 95.9 cm³/mol. The van der Waals surface area contributed by atoms with E-state index in [1.54, 1.807) is 24.3 Å². The van der Waals surface area contributed by atoms with E-state index in [1.165, 1.54) is 6.92 Å². The molecule has 0 amide bonds. The standard InChI is InChI=1S/C19H16O4.CH4O/c1-12(20)11-15(13-7-3-2-4-8-13)17-18(21)14-9-5-6-10-16(14)23-19(17)22;1-2/h2-10,15,21H,11H2,1H3;2H,1H3. The first-order valence-electron chi connectivity index (χ1n) is 7.81. The molecule has 0 saturated heterocycles. The Morgan fingerprint density at radius 1 is 1.04 bits per heavy atom. The first-order valence-corrected chi connectivity index (χ1v) is 7.81. The van der Waals surface area contributed by atoms with E-state index in [-0.39, 0.29) is 23.5 Å². The number of carbonyl (C=O) groups excluding carboxylic acids is 1. The third kappa shape index (κ3) is 3.95. The number of carbonyl (C=O) groups is 1. The fourth-order valence-corrected chi connectivity index (χ4v) is 2.81. The topological polar surface area (TPSA) is 87.7 Å². The molecule has 2 aromatic carbocycles. The van der Waals surface area contributed by atoms with Gasteiger partial charge in [0.1, 0.15) is 17.1 Å². The second-order valence-corrected chi connectivity index (χ2v) is 5.52. The van der Waals surface area contributed by atoms with Crippen LogP contribution < -0.4 is 5.63 Å². The van der Waals surface area contributed by atoms with Crippen molar-refractivity contribution in [3.8, 4) is 5.75 Å². The molecule has 5 nitrogen and oxygen atoms in total. The van der Waals surface area contributed by atoms with Crippen molar-refractivity contribution in [1.29, 1.82) is 0 Å². The minimum atomic E-state index is -0.615. The smallest absolute Gasteiger partial charge is 0.343 e. The van der Waals surface area contributed by atoms with Crippen molar-refractivity contribution in [3.63, 3.8) is 0 Å². The molecule has 1 aromatic heterocycles. The molecule has 1 atom stereocenters. The van der Waals surface area contributed by atoms with Crippen LogP contribution in [0.4, 0.5) is 0 Å². The van der Waals surface area contributed by atoms with Gasteiger partial charge in [0.15, 0.2) is 0 Å². The summed E-state index contributed by atoms with van der Waals surface area (Å²) in [5, 5.41) is 18.1. The number of fused-ring (bicyclic) bond motifs is 1. The van der Waals surface area contributed by atoms with Gasteiger partial charge in [0, 0.05) is 19.4 Å². The fraction of sp³-hybridized carbons (Fsp3) is 0.200. The van der Waals surface area contributed by atoms with Crippen molar-refractivity contribution >= 4 is 16.8 Å². The van der Waals surface area contributed by atoms with E-state index < -0.39 is 11.5 Å². The van der Waals surface area contributed by atoms with Gasteiger partial charge in [-0.15, -0.1) is 0 Å². The Labute approximate surface area is 145 Å². The number of ketones is 1. The number of para-hydroxylation sites is 1. The van der Waals surface area contributed by atoms with Crippen LogP contribution in [0, 0.1) is 0 Å². The third-order valence-corrected chi connectivity index (χ3v) is 3.86. The van der Waals surface area contributed by atoms with E-state index >= 15 is 0 Å². The Hall–Kier alpha value is -2.92. The lowest BCUT2D eigenvalue weighted by atomic mass is 9.87. The molecule has 3 rings (SSSR count). The highest BCUT2D eigenvalue weighted by Crippen LogP contribution is 2.35. The lowest BCUT2D eigenvalue weighted by Gasteiger charge is -2.17. The first kappa shape index (κ1) is 18.4. The largest absolute Gasteiger partial charge is 0.507 e. The molecule has 1 heterocycles. The average molecular weight is 340 g/mol. The van der Waals surface area contributed by atoms with E-state index in [4.69, 9.17) is 9.52 Å². The van der Waals surface area contributed by atoms with Crippen LogP contribution in [-0.2, 0) is 4.79 Å². The third-order valence-electron chi connectivity index (χ3n) is 3.86. The molecule has 3 aromatic rings. The van der Waals surface area contributed by atoms with Crippen molar-refractivity contribution in [2.45, 2.75) is 19.3 Å². The number of aliphatic hydroxyl groups excluding tert-OH is 1. The number of aliphatic hydroxyl groups is 1. The minimum Gasteiger partial charge on any atom is -0.507 e. The molecule has 5 heteroatoms. The number of hydrogen-bond acceptors (Lipinski definition) is 5. The highest BCUT2D eigenvalue weighted by Gasteiger charge is 2.25. The number of Topliss-reactive ketones (excluding diaryl/α,β-unsaturated/α-hetero) is 1. The van der Waals surface area contributed by atoms with Crippen molar-refractivity contribution in [2.75, 3.05) is 7.11 Å². The second-order valence-electron chi connectivity index (χ2n) is 5.52. The second kappa shape index (κ2) is 8.26. The summed E-state index contributed by atoms with van der Waals surface area (Å²) in [6.07, 6.45) is 0.126. The summed E-state index contributed by atoms with van der Waals surface area (Å²) in [7, 11) is 1.00. The molecular formula is C20H20O5. The minimum absolute atomic E-state index is 0.0641. The Kier molecular flexibility index (Phi) is 6.08. The van der Waals surface area contributed by atoms with Crippen LogP contribution in [0.25, 0.3) is 11.0 Å². The highest BCUT2D eigenvalue weighted by atomic mass is 16.4. The van der Waals surface area contributed by atoms with Gasteiger partial charge < -0.3 is 14.6 Å². The molecule has 0 aliphatic rings. The highest BCUT2D eigenvalue weighted by molar-refractivity contribution is 5.85. The van der Waals surface area contributed by atoms with Gasteiger partial charge in [0.25, 0.3) is 0 Å². The maximum Gasteiger partial charge on any atom is 0.343 e. The lowest BCUT2D eigenvalue weighted by molar-refractivity contribution is -0.117. The monoisotopic (exact) mass is 340 g/mol. The Morgan fingerprint density at radius 2 is 1.64 bits per heavy atom. The van der Waals surface area contributed by atoms with Gasteiger partial charge in [-0.25, -0.2) is 4.79 Å². The molecule has 0 aliphatic carbocycles. The Balaban J connectivity index is 0.00000109. The molecule has 0 fully saturated rings. The average Bonchev–Trinajstić information content (AvgIpc) is 2.63. The maximum atomic E-state index is 12.4. The molecule has 0 aliphatic heterocycles. The molecular weight excluding hydrogens is 320 g/mol. The van der Waals surface area contributed by atoms with Gasteiger partial charge >= 0.3 is 5.63 Å². The Morgan fingerprint density at radius 3 is 2.28 bits per heavy atom. The molecule has 1 unspecified atom stereocenters. The molecule has 25 heavy (non-hydrogen) atoms. The van der Waals surface area contributed by atoms with Gasteiger partial charge in [-0.1, -0.05) is 42.5 Å². The number of aromatic hydroxyl groups is 1. The van der Waals surface area contributed by atoms with Crippen molar-refractivity contribution < 1.29 is 19.4 Å². The van der Waals surface area contributed by atoms with Crippen LogP contribution >= 0.6 is 0 Å². The van der Waals surface area contributed by atoms with Crippen LogP contribution in [0.1, 0.15) is 30.4 Å². The van der Waals surface area contributed by atoms with E-state index in [2.05, 4.69) is 0 Å². The summed E-state index contributed by atoms with van der Waals surface area (Å²) in [6, 6.07) is 16.0. The zero-order valence-electron chi connectivity index (χ0n) is 14.1. The van der Waals surface area contributed by atoms with Gasteiger partial charge in [0.05, 0.1) is 10.9 Å². The van der Waals surface area contributed by atoms with Crippen LogP contribution in [-0.4, -0.2) is 23.1 Å². The van der Waals surface area contributed by atoms with Gasteiger partial charge in [0.2, 0.25) is 0 Å². The maximum absolute atomic E-state index is 12.4. The van der Waals surface area contributed by atoms with E-state index in [0.29, 0.717) is 11.0 Å². The summed E-state index contributed by atoms with van der Waals surface area (Å²) in [5.41, 5.74) is 0.635.